The fourth-order valence-corrected chi connectivity index (χ4v) is 3.80. The van der Waals surface area contributed by atoms with E-state index in [-0.39, 0.29) is 42.3 Å². The fourth-order valence-electron chi connectivity index (χ4n) is 3.80. The summed E-state index contributed by atoms with van der Waals surface area (Å²) in [5, 5.41) is 9.41. The number of carbonyl (C=O) groups is 2. The molecule has 2 aromatic carbocycles. The summed E-state index contributed by atoms with van der Waals surface area (Å²) in [6.07, 6.45) is 0.929. The van der Waals surface area contributed by atoms with Crippen LogP contribution in [0.4, 0.5) is 0 Å². The van der Waals surface area contributed by atoms with Gasteiger partial charge in [-0.2, -0.15) is 0 Å². The molecule has 1 heterocycles. The van der Waals surface area contributed by atoms with Crippen molar-refractivity contribution in [3.8, 4) is 0 Å². The molecular formula is C25H34IN5O2. The van der Waals surface area contributed by atoms with Crippen molar-refractivity contribution < 1.29 is 9.59 Å². The van der Waals surface area contributed by atoms with Crippen LogP contribution in [0.2, 0.25) is 0 Å². The number of hydrogen-bond donors (Lipinski definition) is 3. The van der Waals surface area contributed by atoms with Crippen molar-refractivity contribution >= 4 is 41.8 Å². The van der Waals surface area contributed by atoms with E-state index < -0.39 is 0 Å². The number of piperazine rings is 1. The first-order valence-electron chi connectivity index (χ1n) is 11.2. The first kappa shape index (κ1) is 26.6. The maximum Gasteiger partial charge on any atom is 0.254 e. The Morgan fingerprint density at radius 3 is 2.39 bits per heavy atom. The van der Waals surface area contributed by atoms with Crippen molar-refractivity contribution in [1.82, 2.24) is 20.9 Å². The second-order valence-corrected chi connectivity index (χ2v) is 8.14. The highest BCUT2D eigenvalue weighted by atomic mass is 127. The molecule has 1 saturated heterocycles. The molecule has 1 aliphatic heterocycles. The van der Waals surface area contributed by atoms with Gasteiger partial charge < -0.3 is 20.9 Å². The molecule has 1 aliphatic rings. The van der Waals surface area contributed by atoms with Gasteiger partial charge in [0, 0.05) is 31.7 Å². The van der Waals surface area contributed by atoms with Gasteiger partial charge in [-0.3, -0.25) is 9.59 Å². The van der Waals surface area contributed by atoms with Crippen molar-refractivity contribution in [1.29, 1.82) is 0 Å². The summed E-state index contributed by atoms with van der Waals surface area (Å²) in [6, 6.07) is 14.1. The lowest BCUT2D eigenvalue weighted by molar-refractivity contribution is -0.123. The number of rotatable bonds is 7. The summed E-state index contributed by atoms with van der Waals surface area (Å²) in [5.41, 5.74) is 5.49. The van der Waals surface area contributed by atoms with Gasteiger partial charge in [0.15, 0.2) is 5.96 Å². The molecule has 0 aliphatic carbocycles. The van der Waals surface area contributed by atoms with E-state index in [1.807, 2.05) is 19.1 Å². The van der Waals surface area contributed by atoms with Crippen LogP contribution in [0.3, 0.4) is 0 Å². The topological polar surface area (TPSA) is 85.8 Å². The zero-order valence-electron chi connectivity index (χ0n) is 19.6. The first-order chi connectivity index (χ1) is 15.4. The SMILES string of the molecule is CCNC(=NCc1ccc(C(=O)N2CCNC(=O)C2)cc1)NCCc1cc(C)cc(C)c1.I. The van der Waals surface area contributed by atoms with Crippen molar-refractivity contribution in [3.05, 3.63) is 70.3 Å². The smallest absolute Gasteiger partial charge is 0.254 e. The van der Waals surface area contributed by atoms with Crippen molar-refractivity contribution in [2.24, 2.45) is 4.99 Å². The summed E-state index contributed by atoms with van der Waals surface area (Å²) >= 11 is 0. The summed E-state index contributed by atoms with van der Waals surface area (Å²) < 4.78 is 0. The Bertz CT molecular complexity index is 955. The summed E-state index contributed by atoms with van der Waals surface area (Å²) in [5.74, 6) is 0.546. The van der Waals surface area contributed by atoms with Crippen molar-refractivity contribution in [2.75, 3.05) is 32.7 Å². The van der Waals surface area contributed by atoms with E-state index >= 15 is 0 Å². The number of halogens is 1. The lowest BCUT2D eigenvalue weighted by Gasteiger charge is -2.26. The molecule has 0 saturated carbocycles. The predicted octanol–water partition coefficient (Wildman–Crippen LogP) is 2.79. The van der Waals surface area contributed by atoms with Crippen LogP contribution in [-0.2, 0) is 17.8 Å². The van der Waals surface area contributed by atoms with Crippen LogP contribution < -0.4 is 16.0 Å². The molecule has 0 spiro atoms. The number of guanidine groups is 1. The van der Waals surface area contributed by atoms with Gasteiger partial charge in [0.25, 0.3) is 5.91 Å². The number of carbonyl (C=O) groups excluding carboxylic acids is 2. The van der Waals surface area contributed by atoms with Crippen LogP contribution >= 0.6 is 24.0 Å². The van der Waals surface area contributed by atoms with Crippen LogP contribution in [0.25, 0.3) is 0 Å². The van der Waals surface area contributed by atoms with Gasteiger partial charge in [0.05, 0.1) is 13.1 Å². The van der Waals surface area contributed by atoms with E-state index in [2.05, 4.69) is 53.0 Å². The molecule has 0 radical (unpaired) electrons. The van der Waals surface area contributed by atoms with E-state index in [1.165, 1.54) is 16.7 Å². The number of amides is 2. The third kappa shape index (κ3) is 8.34. The van der Waals surface area contributed by atoms with Gasteiger partial charge in [-0.25, -0.2) is 4.99 Å². The highest BCUT2D eigenvalue weighted by Crippen LogP contribution is 2.11. The number of aliphatic imine (C=N–C) groups is 1. The highest BCUT2D eigenvalue weighted by molar-refractivity contribution is 14.0. The molecule has 1 fully saturated rings. The monoisotopic (exact) mass is 563 g/mol. The quantitative estimate of drug-likeness (QED) is 0.275. The number of nitrogens with one attached hydrogen (secondary N) is 3. The number of benzene rings is 2. The standard InChI is InChI=1S/C25H33N5O2.HI/c1-4-26-25(28-10-9-21-14-18(2)13-19(3)15-21)29-16-20-5-7-22(8-6-20)24(32)30-12-11-27-23(31)17-30;/h5-8,13-15H,4,9-12,16-17H2,1-3H3,(H,27,31)(H2,26,28,29);1H. The molecule has 2 aromatic rings. The van der Waals surface area contributed by atoms with E-state index in [1.54, 1.807) is 17.0 Å². The van der Waals surface area contributed by atoms with Crippen molar-refractivity contribution in [3.63, 3.8) is 0 Å². The van der Waals surface area contributed by atoms with E-state index in [4.69, 9.17) is 0 Å². The van der Waals surface area contributed by atoms with E-state index in [9.17, 15) is 9.59 Å². The Morgan fingerprint density at radius 1 is 1.06 bits per heavy atom. The minimum absolute atomic E-state index is 0. The third-order valence-electron chi connectivity index (χ3n) is 5.28. The zero-order chi connectivity index (χ0) is 22.9. The van der Waals surface area contributed by atoms with Gasteiger partial charge in [0.1, 0.15) is 0 Å². The van der Waals surface area contributed by atoms with Crippen molar-refractivity contribution in [2.45, 2.75) is 33.7 Å². The Hall–Kier alpha value is -2.62. The number of aryl methyl sites for hydroxylation is 2. The van der Waals surface area contributed by atoms with Crippen LogP contribution in [0.15, 0.2) is 47.5 Å². The molecule has 178 valence electrons. The minimum atomic E-state index is -0.115. The maximum atomic E-state index is 12.6. The average Bonchev–Trinajstić information content (AvgIpc) is 2.77. The van der Waals surface area contributed by atoms with Gasteiger partial charge in [-0.1, -0.05) is 41.5 Å². The van der Waals surface area contributed by atoms with Crippen LogP contribution in [0, 0.1) is 13.8 Å². The molecule has 8 heteroatoms. The molecule has 0 unspecified atom stereocenters. The van der Waals surface area contributed by atoms with Crippen LogP contribution in [-0.4, -0.2) is 55.4 Å². The largest absolute Gasteiger partial charge is 0.357 e. The minimum Gasteiger partial charge on any atom is -0.357 e. The Kier molecular flexibility index (Phi) is 10.6. The van der Waals surface area contributed by atoms with Gasteiger partial charge in [0.2, 0.25) is 5.91 Å². The zero-order valence-corrected chi connectivity index (χ0v) is 21.9. The molecule has 3 N–H and O–H groups in total. The van der Waals surface area contributed by atoms with Crippen LogP contribution in [0.5, 0.6) is 0 Å². The number of nitrogens with zero attached hydrogens (tertiary/aromatic N) is 2. The fraction of sp³-hybridized carbons (Fsp3) is 0.400. The van der Waals surface area contributed by atoms with Gasteiger partial charge in [-0.15, -0.1) is 24.0 Å². The summed E-state index contributed by atoms with van der Waals surface area (Å²) in [6.45, 7) is 9.54. The lowest BCUT2D eigenvalue weighted by atomic mass is 10.1. The Morgan fingerprint density at radius 2 is 1.76 bits per heavy atom. The molecular weight excluding hydrogens is 529 g/mol. The van der Waals surface area contributed by atoms with E-state index in [0.717, 1.165) is 31.0 Å². The molecule has 3 rings (SSSR count). The number of hydrogen-bond acceptors (Lipinski definition) is 3. The Labute approximate surface area is 213 Å². The van der Waals surface area contributed by atoms with Gasteiger partial charge >= 0.3 is 0 Å². The summed E-state index contributed by atoms with van der Waals surface area (Å²) in [7, 11) is 0. The molecule has 0 atom stereocenters. The highest BCUT2D eigenvalue weighted by Gasteiger charge is 2.22. The summed E-state index contributed by atoms with van der Waals surface area (Å²) in [4.78, 5) is 30.4. The normalized spacial score (nSPS) is 13.7. The molecule has 2 amide bonds. The second kappa shape index (κ2) is 13.2. The van der Waals surface area contributed by atoms with Gasteiger partial charge in [-0.05, 0) is 50.5 Å². The molecule has 0 bridgehead atoms. The molecule has 0 aromatic heterocycles. The van der Waals surface area contributed by atoms with E-state index in [0.29, 0.717) is 25.2 Å². The van der Waals surface area contributed by atoms with Crippen LogP contribution in [0.1, 0.15) is 39.5 Å². The lowest BCUT2D eigenvalue weighted by Crippen LogP contribution is -2.49. The second-order valence-electron chi connectivity index (χ2n) is 8.14. The Balaban J connectivity index is 0.00000385. The first-order valence-corrected chi connectivity index (χ1v) is 11.2. The molecule has 7 nitrogen and oxygen atoms in total. The molecule has 33 heavy (non-hydrogen) atoms. The maximum absolute atomic E-state index is 12.6. The average molecular weight is 563 g/mol. The predicted molar refractivity (Wildman–Crippen MR) is 143 cm³/mol. The third-order valence-corrected chi connectivity index (χ3v) is 5.28.